The standard InChI is InChI=1S/C52H66N8O8S/c1-35(2)42-7-5-6-8-43(42)47-34-57(25-26-67-4)23-24-59(47)39-30-52(31-39)18-21-58(22-19-52)38-9-11-44(48(28-38)68-40-27-37-15-20-53-49(37)55-33-40)50(61)56-69(65,66)41-10-12-45(46(29-41)60(63)64)54-32-36-13-16-51(3,62)17-14-36/h5-12,15,20,27-29,33,35-36,39,47,54,62H,13-14,16-19,21-26,30-32,34H2,1-4H3,(H,53,55)(H,56,61)/t36?,47-,51?/m0/s1. The minimum atomic E-state index is -4.58. The van der Waals surface area contributed by atoms with Crippen molar-refractivity contribution in [2.75, 3.05) is 69.7 Å². The molecule has 2 aromatic heterocycles. The van der Waals surface area contributed by atoms with Crippen molar-refractivity contribution in [2.45, 2.75) is 101 Å². The average Bonchev–Trinajstić information content (AvgIpc) is 3.80. The zero-order valence-electron chi connectivity index (χ0n) is 40.2. The summed E-state index contributed by atoms with van der Waals surface area (Å²) in [4.78, 5) is 40.3. The molecule has 2 saturated carbocycles. The number of aromatic amines is 1. The molecular weight excluding hydrogens is 897 g/mol. The summed E-state index contributed by atoms with van der Waals surface area (Å²) in [5.74, 6) is 0.201. The summed E-state index contributed by atoms with van der Waals surface area (Å²) in [5.41, 5.74) is 3.64. The van der Waals surface area contributed by atoms with E-state index in [0.29, 0.717) is 48.8 Å². The molecular formula is C52H66N8O8S. The van der Waals surface area contributed by atoms with Gasteiger partial charge in [-0.2, -0.15) is 0 Å². The Balaban J connectivity index is 0.895. The first-order valence-corrected chi connectivity index (χ1v) is 26.0. The van der Waals surface area contributed by atoms with Crippen LogP contribution >= 0.6 is 0 Å². The Labute approximate surface area is 405 Å². The number of carbonyl (C=O) groups is 1. The van der Waals surface area contributed by atoms with Crippen LogP contribution in [-0.2, 0) is 14.8 Å². The molecule has 3 aromatic carbocycles. The normalized spacial score (nSPS) is 22.4. The largest absolute Gasteiger partial charge is 0.455 e. The Kier molecular flexibility index (Phi) is 14.1. The van der Waals surface area contributed by atoms with E-state index in [4.69, 9.17) is 9.47 Å². The number of hydrogen-bond donors (Lipinski definition) is 4. The van der Waals surface area contributed by atoms with E-state index in [9.17, 15) is 28.4 Å². The molecule has 1 amide bonds. The van der Waals surface area contributed by atoms with Crippen LogP contribution in [0.4, 0.5) is 17.1 Å². The van der Waals surface area contributed by atoms with Gasteiger partial charge in [-0.05, 0) is 123 Å². The van der Waals surface area contributed by atoms with Gasteiger partial charge in [0.15, 0.2) is 0 Å². The summed E-state index contributed by atoms with van der Waals surface area (Å²) < 4.78 is 41.6. The maximum absolute atomic E-state index is 14.1. The van der Waals surface area contributed by atoms with Crippen LogP contribution in [0.15, 0.2) is 90.1 Å². The number of amides is 1. The Hall–Kier alpha value is -5.59. The second-order valence-electron chi connectivity index (χ2n) is 20.4. The number of aromatic nitrogens is 2. The van der Waals surface area contributed by atoms with Gasteiger partial charge in [0.25, 0.3) is 21.6 Å². The number of methoxy groups -OCH3 is 1. The molecule has 0 unspecified atom stereocenters. The first kappa shape index (κ1) is 48.4. The molecule has 4 N–H and O–H groups in total. The van der Waals surface area contributed by atoms with Crippen LogP contribution < -0.4 is 19.7 Å². The van der Waals surface area contributed by atoms with Crippen LogP contribution in [0.5, 0.6) is 11.5 Å². The van der Waals surface area contributed by atoms with Crippen molar-refractivity contribution < 1.29 is 32.7 Å². The second-order valence-corrected chi connectivity index (χ2v) is 22.1. The van der Waals surface area contributed by atoms with Crippen molar-refractivity contribution in [2.24, 2.45) is 11.3 Å². The maximum atomic E-state index is 14.1. The summed E-state index contributed by atoms with van der Waals surface area (Å²) in [5, 5.41) is 26.4. The molecule has 16 nitrogen and oxygen atoms in total. The number of H-pyrrole nitrogens is 1. The topological polar surface area (TPSA) is 195 Å². The summed E-state index contributed by atoms with van der Waals surface area (Å²) in [6.07, 6.45) is 10.5. The number of nitro benzene ring substituents is 1. The highest BCUT2D eigenvalue weighted by Crippen LogP contribution is 2.53. The molecule has 4 fully saturated rings. The third-order valence-electron chi connectivity index (χ3n) is 15.4. The fraction of sp³-hybridized carbons (Fsp3) is 0.500. The van der Waals surface area contributed by atoms with E-state index < -0.39 is 37.0 Å². The number of nitrogens with zero attached hydrogens (tertiary/aromatic N) is 5. The van der Waals surface area contributed by atoms with E-state index in [1.807, 2.05) is 19.1 Å². The van der Waals surface area contributed by atoms with Gasteiger partial charge in [0.2, 0.25) is 0 Å². The number of sulfonamides is 1. The third-order valence-corrected chi connectivity index (χ3v) is 16.7. The molecule has 9 rings (SSSR count). The summed E-state index contributed by atoms with van der Waals surface area (Å²) in [7, 11) is -2.81. The molecule has 5 aromatic rings. The van der Waals surface area contributed by atoms with Crippen molar-refractivity contribution in [1.29, 1.82) is 0 Å². The van der Waals surface area contributed by atoms with Gasteiger partial charge in [0.1, 0.15) is 22.8 Å². The van der Waals surface area contributed by atoms with E-state index >= 15 is 0 Å². The number of nitrogens with one attached hydrogen (secondary N) is 3. The highest BCUT2D eigenvalue weighted by atomic mass is 32.2. The summed E-state index contributed by atoms with van der Waals surface area (Å²) >= 11 is 0. The van der Waals surface area contributed by atoms with Crippen molar-refractivity contribution >= 4 is 44.0 Å². The number of nitro groups is 1. The summed E-state index contributed by atoms with van der Waals surface area (Å²) in [6, 6.07) is 22.2. The van der Waals surface area contributed by atoms with Crippen LogP contribution in [0.2, 0.25) is 0 Å². The number of fused-ring (bicyclic) bond motifs is 1. The molecule has 4 heterocycles. The number of pyridine rings is 1. The lowest BCUT2D eigenvalue weighted by atomic mass is 9.59. The zero-order valence-corrected chi connectivity index (χ0v) is 41.0. The Morgan fingerprint density at radius 2 is 1.77 bits per heavy atom. The minimum Gasteiger partial charge on any atom is -0.455 e. The Bertz CT molecular complexity index is 2750. The Morgan fingerprint density at radius 3 is 2.51 bits per heavy atom. The number of carbonyl (C=O) groups excluding carboxylic acids is 1. The van der Waals surface area contributed by atoms with Crippen LogP contribution in [0.3, 0.4) is 0 Å². The van der Waals surface area contributed by atoms with Gasteiger partial charge < -0.3 is 29.8 Å². The predicted octanol–water partition coefficient (Wildman–Crippen LogP) is 8.61. The number of anilines is 2. The predicted molar refractivity (Wildman–Crippen MR) is 267 cm³/mol. The first-order valence-electron chi connectivity index (χ1n) is 24.5. The first-order chi connectivity index (χ1) is 33.1. The van der Waals surface area contributed by atoms with Gasteiger partial charge in [-0.15, -0.1) is 0 Å². The van der Waals surface area contributed by atoms with Crippen LogP contribution in [-0.4, -0.2) is 115 Å². The monoisotopic (exact) mass is 962 g/mol. The van der Waals surface area contributed by atoms with Gasteiger partial charge in [-0.1, -0.05) is 38.1 Å². The molecule has 69 heavy (non-hydrogen) atoms. The highest BCUT2D eigenvalue weighted by molar-refractivity contribution is 7.90. The lowest BCUT2D eigenvalue weighted by Gasteiger charge is -2.58. The molecule has 0 bridgehead atoms. The van der Waals surface area contributed by atoms with Gasteiger partial charge >= 0.3 is 0 Å². The number of benzene rings is 3. The van der Waals surface area contributed by atoms with Crippen molar-refractivity contribution in [3.05, 3.63) is 112 Å². The average molecular weight is 963 g/mol. The van der Waals surface area contributed by atoms with Crippen LogP contribution in [0.25, 0.3) is 11.0 Å². The van der Waals surface area contributed by atoms with E-state index in [-0.39, 0.29) is 28.3 Å². The number of hydrogen-bond acceptors (Lipinski definition) is 13. The maximum Gasteiger partial charge on any atom is 0.293 e. The van der Waals surface area contributed by atoms with Gasteiger partial charge in [0.05, 0.1) is 33.8 Å². The summed E-state index contributed by atoms with van der Waals surface area (Å²) in [6.45, 7) is 13.2. The zero-order chi connectivity index (χ0) is 48.5. The second kappa shape index (κ2) is 20.0. The fourth-order valence-corrected chi connectivity index (χ4v) is 12.2. The highest BCUT2D eigenvalue weighted by Gasteiger charge is 2.50. The molecule has 0 radical (unpaired) electrons. The van der Waals surface area contributed by atoms with Crippen molar-refractivity contribution in [3.8, 4) is 11.5 Å². The molecule has 4 aliphatic rings. The molecule has 2 aliphatic carbocycles. The van der Waals surface area contributed by atoms with E-state index in [1.54, 1.807) is 37.7 Å². The Morgan fingerprint density at radius 1 is 1.00 bits per heavy atom. The minimum absolute atomic E-state index is 0.0260. The molecule has 1 atom stereocenters. The molecule has 1 spiro atoms. The number of aliphatic hydroxyl groups is 1. The number of rotatable bonds is 16. The van der Waals surface area contributed by atoms with Gasteiger partial charge in [0, 0.05) is 94.4 Å². The lowest BCUT2D eigenvalue weighted by Crippen LogP contribution is -2.60. The van der Waals surface area contributed by atoms with E-state index in [2.05, 4.69) is 72.8 Å². The van der Waals surface area contributed by atoms with Crippen molar-refractivity contribution in [1.82, 2.24) is 24.5 Å². The molecule has 368 valence electrons. The fourth-order valence-electron chi connectivity index (χ4n) is 11.2. The van der Waals surface area contributed by atoms with Gasteiger partial charge in [-0.25, -0.2) is 18.1 Å². The van der Waals surface area contributed by atoms with Crippen LogP contribution in [0, 0.1) is 21.4 Å². The number of piperazine rings is 1. The third kappa shape index (κ3) is 10.8. The lowest BCUT2D eigenvalue weighted by molar-refractivity contribution is -0.384. The van der Waals surface area contributed by atoms with Crippen molar-refractivity contribution in [3.63, 3.8) is 0 Å². The quantitative estimate of drug-likeness (QED) is 0.0543. The van der Waals surface area contributed by atoms with Gasteiger partial charge in [-0.3, -0.25) is 24.7 Å². The number of ether oxygens (including phenoxy) is 2. The van der Waals surface area contributed by atoms with E-state index in [1.165, 1.54) is 23.3 Å². The smallest absolute Gasteiger partial charge is 0.293 e. The molecule has 17 heteroatoms. The SMILES string of the molecule is COCCN1CCN(C2CC3(CCN(c4ccc(C(=O)NS(=O)(=O)c5ccc(NCC6CCC(C)(O)CC6)c([N+](=O)[O-])c5)c(Oc5cnc6[nH]ccc6c5)c4)CC3)C2)[C@H](c2ccccc2C(C)C)C1. The van der Waals surface area contributed by atoms with Crippen LogP contribution in [0.1, 0.15) is 106 Å². The molecule has 2 aliphatic heterocycles. The number of piperidine rings is 1. The van der Waals surface area contributed by atoms with E-state index in [0.717, 1.165) is 102 Å². The molecule has 2 saturated heterocycles.